The van der Waals surface area contributed by atoms with Crippen molar-refractivity contribution in [1.29, 1.82) is 0 Å². The molecule has 8 atom stereocenters. The van der Waals surface area contributed by atoms with Crippen LogP contribution in [0.3, 0.4) is 0 Å². The lowest BCUT2D eigenvalue weighted by atomic mass is 9.74. The Hall–Kier alpha value is -5.42. The number of carbonyl (C=O) groups excluding carboxylic acids is 3. The number of benzene rings is 2. The largest absolute Gasteiger partial charge is 0.469 e. The molecular weight excluding hydrogens is 741 g/mol. The number of aliphatic imine (C=N–C) groups is 1. The average Bonchev–Trinajstić information content (AvgIpc) is 4.13. The molecule has 4 aliphatic rings. The number of carbonyl (C=O) groups is 3. The highest BCUT2D eigenvalue weighted by atomic mass is 16.5. The summed E-state index contributed by atoms with van der Waals surface area (Å²) >= 11 is 0. The Morgan fingerprint density at radius 3 is 2.29 bits per heavy atom. The van der Waals surface area contributed by atoms with E-state index < -0.39 is 18.0 Å². The van der Waals surface area contributed by atoms with E-state index in [0.29, 0.717) is 18.4 Å². The van der Waals surface area contributed by atoms with Gasteiger partial charge in [-0.1, -0.05) is 68.4 Å². The number of H-pyrrole nitrogens is 1. The molecule has 2 aliphatic heterocycles. The molecule has 0 radical (unpaired) electrons. The Morgan fingerprint density at radius 1 is 0.898 bits per heavy atom. The molecule has 2 aromatic heterocycles. The summed E-state index contributed by atoms with van der Waals surface area (Å²) in [5.74, 6) is 1.04. The highest BCUT2D eigenvalue weighted by molar-refractivity contribution is 6.02. The fourth-order valence-corrected chi connectivity index (χ4v) is 10.2. The summed E-state index contributed by atoms with van der Waals surface area (Å²) in [5, 5.41) is 3.44. The number of nitrogens with zero attached hydrogens (tertiary/aromatic N) is 4. The Morgan fingerprint density at radius 2 is 1.61 bits per heavy atom. The maximum Gasteiger partial charge on any atom is 0.306 e. The average molecular weight is 797 g/mol. The summed E-state index contributed by atoms with van der Waals surface area (Å²) in [6, 6.07) is 20.8. The Kier molecular flexibility index (Phi) is 11.9. The number of aromatic nitrogens is 3. The molecule has 0 spiro atoms. The molecule has 2 N–H and O–H groups in total. The van der Waals surface area contributed by atoms with Gasteiger partial charge in [-0.25, -0.2) is 4.98 Å². The van der Waals surface area contributed by atoms with Crippen molar-refractivity contribution in [2.45, 2.75) is 83.9 Å². The maximum absolute atomic E-state index is 14.1. The molecular formula is C48H56N6O5. The fraction of sp³-hybridized carbons (Fsp3) is 0.458. The monoisotopic (exact) mass is 796 g/mol. The van der Waals surface area contributed by atoms with Crippen molar-refractivity contribution < 1.29 is 23.9 Å². The first kappa shape index (κ1) is 40.4. The van der Waals surface area contributed by atoms with E-state index in [2.05, 4.69) is 83.7 Å². The number of fused-ring (bicyclic) bond motifs is 2. The number of imidazole rings is 1. The van der Waals surface area contributed by atoms with Gasteiger partial charge in [-0.15, -0.1) is 0 Å². The minimum atomic E-state index is -0.633. The first-order valence-electron chi connectivity index (χ1n) is 21.3. The van der Waals surface area contributed by atoms with Gasteiger partial charge in [0.05, 0.1) is 49.5 Å². The van der Waals surface area contributed by atoms with Gasteiger partial charge in [0.25, 0.3) is 0 Å². The number of hydrogen-bond acceptors (Lipinski definition) is 8. The van der Waals surface area contributed by atoms with Crippen molar-refractivity contribution in [3.63, 3.8) is 0 Å². The third-order valence-corrected chi connectivity index (χ3v) is 13.5. The standard InChI is InChI=1S/C48H56N6O5/c1-28(2)45(36-8-6-20-49-25-36)53-47(56)44-35-19-18-34(22-35)43(44)39-23-37(26-50-39)32-12-10-30(11-13-32)31-14-16-33(17-15-31)40-27-51-46(52-40)41-9-7-21-54(41)48(57)38(29(3)58-4)24-42(55)59-5/h6,8,10-17,20,25-29,34-35,38,41,43-45H,7,9,18-19,21-24H2,1-5H3,(H,51,52)(H,53,56)/t29-,34?,35?,38+,41+,43-,44+,45+/m1/s1. The molecule has 308 valence electrons. The van der Waals surface area contributed by atoms with Gasteiger partial charge >= 0.3 is 5.97 Å². The summed E-state index contributed by atoms with van der Waals surface area (Å²) in [5.41, 5.74) is 8.67. The topological polar surface area (TPSA) is 139 Å². The lowest BCUT2D eigenvalue weighted by molar-refractivity contribution is -0.151. The predicted molar refractivity (Wildman–Crippen MR) is 228 cm³/mol. The molecule has 2 bridgehead atoms. The Bertz CT molecular complexity index is 2200. The van der Waals surface area contributed by atoms with Gasteiger partial charge in [-0.3, -0.25) is 24.4 Å². The molecule has 4 aromatic rings. The van der Waals surface area contributed by atoms with Crippen LogP contribution in [0.5, 0.6) is 0 Å². The zero-order chi connectivity index (χ0) is 41.2. The van der Waals surface area contributed by atoms with Crippen LogP contribution in [0.2, 0.25) is 0 Å². The summed E-state index contributed by atoms with van der Waals surface area (Å²) in [4.78, 5) is 59.2. The lowest BCUT2D eigenvalue weighted by Crippen LogP contribution is -2.43. The van der Waals surface area contributed by atoms with Crippen molar-refractivity contribution >= 4 is 29.1 Å². The first-order valence-corrected chi connectivity index (χ1v) is 21.3. The SMILES string of the molecule is COC(=O)C[C@H](C(=O)N1CCC[C@H]1c1ncc(-c2ccc(-c3ccc(C4=CN=C([C@H]5C6CCC(C6)[C@@H]5C(=O)N[C@H](c5cccnc5)C(C)C)C4)cc3)cc2)[nH]1)[C@@H](C)OC. The summed E-state index contributed by atoms with van der Waals surface area (Å²) < 4.78 is 10.3. The van der Waals surface area contributed by atoms with Crippen LogP contribution in [0.1, 0.15) is 94.8 Å². The van der Waals surface area contributed by atoms with Gasteiger partial charge in [0.2, 0.25) is 11.8 Å². The molecule has 2 amide bonds. The van der Waals surface area contributed by atoms with Crippen LogP contribution in [0.4, 0.5) is 0 Å². The zero-order valence-corrected chi connectivity index (χ0v) is 34.8. The van der Waals surface area contributed by atoms with E-state index >= 15 is 0 Å². The van der Waals surface area contributed by atoms with Crippen LogP contribution in [0, 0.1) is 35.5 Å². The minimum Gasteiger partial charge on any atom is -0.469 e. The van der Waals surface area contributed by atoms with Crippen LogP contribution in [0.25, 0.3) is 28.0 Å². The summed E-state index contributed by atoms with van der Waals surface area (Å²) in [7, 11) is 2.88. The smallest absolute Gasteiger partial charge is 0.306 e. The quantitative estimate of drug-likeness (QED) is 0.122. The van der Waals surface area contributed by atoms with E-state index in [9.17, 15) is 14.4 Å². The molecule has 59 heavy (non-hydrogen) atoms. The second kappa shape index (κ2) is 17.4. The van der Waals surface area contributed by atoms with Crippen molar-refractivity contribution in [2.75, 3.05) is 20.8 Å². The number of ether oxygens (including phenoxy) is 2. The van der Waals surface area contributed by atoms with Crippen molar-refractivity contribution in [2.24, 2.45) is 40.5 Å². The highest BCUT2D eigenvalue weighted by Gasteiger charge is 2.53. The van der Waals surface area contributed by atoms with Gasteiger partial charge in [0.1, 0.15) is 5.82 Å². The van der Waals surface area contributed by atoms with Crippen molar-refractivity contribution in [3.8, 4) is 22.4 Å². The zero-order valence-electron chi connectivity index (χ0n) is 34.8. The summed E-state index contributed by atoms with van der Waals surface area (Å²) in [6.45, 7) is 6.71. The van der Waals surface area contributed by atoms with Crippen LogP contribution in [-0.4, -0.2) is 70.2 Å². The number of nitrogens with one attached hydrogen (secondary N) is 2. The molecule has 8 rings (SSSR count). The van der Waals surface area contributed by atoms with Crippen LogP contribution in [0.15, 0.2) is 90.4 Å². The van der Waals surface area contributed by atoms with Gasteiger partial charge < -0.3 is 24.7 Å². The first-order chi connectivity index (χ1) is 28.6. The van der Waals surface area contributed by atoms with E-state index in [1.54, 1.807) is 13.3 Å². The van der Waals surface area contributed by atoms with Crippen LogP contribution in [-0.2, 0) is 23.9 Å². The van der Waals surface area contributed by atoms with Crippen molar-refractivity contribution in [1.82, 2.24) is 25.2 Å². The van der Waals surface area contributed by atoms with E-state index in [1.165, 1.54) is 19.1 Å². The van der Waals surface area contributed by atoms with Gasteiger partial charge in [0, 0.05) is 56.2 Å². The molecule has 2 saturated carbocycles. The number of esters is 1. The van der Waals surface area contributed by atoms with Gasteiger partial charge in [0.15, 0.2) is 0 Å². The number of pyridine rings is 1. The number of rotatable bonds is 14. The third-order valence-electron chi connectivity index (χ3n) is 13.5. The summed E-state index contributed by atoms with van der Waals surface area (Å²) in [6.07, 6.45) is 12.8. The lowest BCUT2D eigenvalue weighted by Gasteiger charge is -2.33. The molecule has 4 heterocycles. The van der Waals surface area contributed by atoms with Crippen molar-refractivity contribution in [3.05, 3.63) is 102 Å². The number of amides is 2. The second-order valence-corrected chi connectivity index (χ2v) is 17.2. The fourth-order valence-electron chi connectivity index (χ4n) is 10.2. The number of hydrogen-bond donors (Lipinski definition) is 2. The molecule has 11 heteroatoms. The van der Waals surface area contributed by atoms with E-state index in [0.717, 1.165) is 77.2 Å². The van der Waals surface area contributed by atoms with Crippen LogP contribution < -0.4 is 5.32 Å². The molecule has 2 unspecified atom stereocenters. The van der Waals surface area contributed by atoms with Crippen LogP contribution >= 0.6 is 0 Å². The molecule has 2 aromatic carbocycles. The number of allylic oxidation sites excluding steroid dienone is 1. The Labute approximate surface area is 347 Å². The van der Waals surface area contributed by atoms with E-state index in [4.69, 9.17) is 19.5 Å². The maximum atomic E-state index is 14.1. The predicted octanol–water partition coefficient (Wildman–Crippen LogP) is 8.38. The number of likely N-dealkylation sites (tertiary alicyclic amines) is 1. The molecule has 11 nitrogen and oxygen atoms in total. The minimum absolute atomic E-state index is 0.0318. The number of methoxy groups -OCH3 is 2. The van der Waals surface area contributed by atoms with Gasteiger partial charge in [-0.05, 0) is 96.2 Å². The van der Waals surface area contributed by atoms with Gasteiger partial charge in [-0.2, -0.15) is 0 Å². The normalized spacial score (nSPS) is 23.8. The molecule has 2 aliphatic carbocycles. The van der Waals surface area contributed by atoms with E-state index in [1.807, 2.05) is 36.5 Å². The Balaban J connectivity index is 0.898. The third kappa shape index (κ3) is 8.26. The second-order valence-electron chi connectivity index (χ2n) is 17.2. The number of aromatic amines is 1. The molecule has 3 fully saturated rings. The van der Waals surface area contributed by atoms with E-state index in [-0.39, 0.29) is 48.1 Å². The molecule has 1 saturated heterocycles. The highest BCUT2D eigenvalue weighted by Crippen LogP contribution is 2.54.